The van der Waals surface area contributed by atoms with Crippen LogP contribution in [0.3, 0.4) is 0 Å². The summed E-state index contributed by atoms with van der Waals surface area (Å²) in [4.78, 5) is 24.6. The number of amides is 1. The van der Waals surface area contributed by atoms with Gasteiger partial charge in [0.2, 0.25) is 5.92 Å². The van der Waals surface area contributed by atoms with Crippen molar-refractivity contribution in [3.8, 4) is 5.75 Å². The van der Waals surface area contributed by atoms with Crippen molar-refractivity contribution in [3.63, 3.8) is 0 Å². The molecule has 0 aromatic heterocycles. The molecule has 5 nitrogen and oxygen atoms in total. The van der Waals surface area contributed by atoms with E-state index in [1.54, 1.807) is 0 Å². The third-order valence-corrected chi connectivity index (χ3v) is 7.26. The lowest BCUT2D eigenvalue weighted by molar-refractivity contribution is -0.112. The molecule has 2 unspecified atom stereocenters. The van der Waals surface area contributed by atoms with Crippen molar-refractivity contribution in [3.05, 3.63) is 58.1 Å². The predicted molar refractivity (Wildman–Crippen MR) is 126 cm³/mol. The van der Waals surface area contributed by atoms with Crippen molar-refractivity contribution in [2.45, 2.75) is 29.5 Å². The summed E-state index contributed by atoms with van der Waals surface area (Å²) in [5.74, 6) is -6.49. The number of hydrogen-bond donors (Lipinski definition) is 2. The van der Waals surface area contributed by atoms with E-state index in [4.69, 9.17) is 39.5 Å². The number of carbonyl (C=O) groups excluding carboxylic acids is 2. The summed E-state index contributed by atoms with van der Waals surface area (Å²) in [6, 6.07) is 6.13. The van der Waals surface area contributed by atoms with Crippen molar-refractivity contribution in [2.75, 3.05) is 25.5 Å². The minimum Gasteiger partial charge on any atom is -0.493 e. The monoisotopic (exact) mass is 554 g/mol. The highest BCUT2D eigenvalue weighted by Gasteiger charge is 2.76. The van der Waals surface area contributed by atoms with Gasteiger partial charge in [-0.25, -0.2) is 17.6 Å². The number of carbonyl (C=O) groups is 2. The van der Waals surface area contributed by atoms with Crippen LogP contribution in [0.1, 0.15) is 35.2 Å². The summed E-state index contributed by atoms with van der Waals surface area (Å²) in [7, 11) is 1.15. The molecular formula is C23H21Cl3F4N2O3. The molecule has 190 valence electrons. The number of aldehydes is 1. The van der Waals surface area contributed by atoms with Crippen molar-refractivity contribution in [2.24, 2.45) is 5.41 Å². The minimum absolute atomic E-state index is 0.0856. The normalized spacial score (nSPS) is 20.8. The zero-order chi connectivity index (χ0) is 26.2. The zero-order valence-corrected chi connectivity index (χ0v) is 20.8. The van der Waals surface area contributed by atoms with Crippen LogP contribution < -0.4 is 15.4 Å². The SMILES string of the molecule is COc1c(F)cc(NCC2(C=O)C(c3ccc(F)c(Cl)c3)C2(Cl)Cl)cc1C(=O)NCCC(C)(F)F. The number of hydrogen-bond acceptors (Lipinski definition) is 4. The van der Waals surface area contributed by atoms with E-state index in [0.717, 1.165) is 19.2 Å². The highest BCUT2D eigenvalue weighted by Crippen LogP contribution is 2.73. The maximum Gasteiger partial charge on any atom is 0.255 e. The first-order chi connectivity index (χ1) is 16.3. The molecule has 2 N–H and O–H groups in total. The van der Waals surface area contributed by atoms with Gasteiger partial charge in [0.15, 0.2) is 11.6 Å². The Kier molecular flexibility index (Phi) is 7.84. The second-order valence-electron chi connectivity index (χ2n) is 8.36. The van der Waals surface area contributed by atoms with Crippen LogP contribution in [0, 0.1) is 17.0 Å². The average Bonchev–Trinajstić information content (AvgIpc) is 3.27. The molecule has 0 aliphatic heterocycles. The van der Waals surface area contributed by atoms with Crippen LogP contribution in [0.2, 0.25) is 5.02 Å². The topological polar surface area (TPSA) is 67.4 Å². The predicted octanol–water partition coefficient (Wildman–Crippen LogP) is 5.97. The number of benzene rings is 2. The maximum absolute atomic E-state index is 14.6. The van der Waals surface area contributed by atoms with Crippen LogP contribution >= 0.6 is 34.8 Å². The fourth-order valence-electron chi connectivity index (χ4n) is 3.89. The Bertz CT molecular complexity index is 1140. The number of alkyl halides is 4. The molecular weight excluding hydrogens is 535 g/mol. The fourth-order valence-corrected chi connectivity index (χ4v) is 5.06. The molecule has 3 rings (SSSR count). The molecule has 1 amide bonds. The van der Waals surface area contributed by atoms with Crippen LogP contribution in [-0.2, 0) is 4.79 Å². The highest BCUT2D eigenvalue weighted by atomic mass is 35.5. The third kappa shape index (κ3) is 5.47. The molecule has 1 fully saturated rings. The summed E-state index contributed by atoms with van der Waals surface area (Å²) < 4.78 is 57.7. The molecule has 2 aromatic rings. The van der Waals surface area contributed by atoms with Crippen LogP contribution in [0.4, 0.5) is 23.2 Å². The van der Waals surface area contributed by atoms with E-state index in [0.29, 0.717) is 18.8 Å². The second kappa shape index (κ2) is 10.0. The molecule has 0 radical (unpaired) electrons. The van der Waals surface area contributed by atoms with Gasteiger partial charge >= 0.3 is 0 Å². The standard InChI is InChI=1S/C23H21Cl3F4N2O3/c1-21(29,30)5-6-31-20(34)14-8-13(9-17(28)18(14)35-2)32-10-22(11-33)19(23(22,25)26)12-3-4-16(27)15(24)7-12/h3-4,7-9,11,19,32H,5-6,10H2,1-2H3,(H,31,34). The van der Waals surface area contributed by atoms with E-state index in [2.05, 4.69) is 10.6 Å². The van der Waals surface area contributed by atoms with Crippen LogP contribution in [0.25, 0.3) is 0 Å². The summed E-state index contributed by atoms with van der Waals surface area (Å²) in [6.07, 6.45) is -0.0496. The van der Waals surface area contributed by atoms with Crippen LogP contribution in [-0.4, -0.2) is 42.6 Å². The van der Waals surface area contributed by atoms with E-state index >= 15 is 0 Å². The lowest BCUT2D eigenvalue weighted by atomic mass is 10.00. The second-order valence-corrected chi connectivity index (χ2v) is 10.1. The molecule has 2 aromatic carbocycles. The molecule has 0 spiro atoms. The van der Waals surface area contributed by atoms with Gasteiger partial charge in [0.1, 0.15) is 16.4 Å². The van der Waals surface area contributed by atoms with Gasteiger partial charge < -0.3 is 20.2 Å². The quantitative estimate of drug-likeness (QED) is 0.215. The molecule has 12 heteroatoms. The van der Waals surface area contributed by atoms with Gasteiger partial charge in [0.25, 0.3) is 5.91 Å². The zero-order valence-electron chi connectivity index (χ0n) is 18.5. The average molecular weight is 556 g/mol. The van der Waals surface area contributed by atoms with E-state index in [1.807, 2.05) is 0 Å². The molecule has 35 heavy (non-hydrogen) atoms. The highest BCUT2D eigenvalue weighted by molar-refractivity contribution is 6.54. The lowest BCUT2D eigenvalue weighted by Gasteiger charge is -2.17. The van der Waals surface area contributed by atoms with E-state index < -0.39 is 45.6 Å². The van der Waals surface area contributed by atoms with Gasteiger partial charge in [-0.3, -0.25) is 4.79 Å². The summed E-state index contributed by atoms with van der Waals surface area (Å²) in [5.41, 5.74) is -1.09. The molecule has 0 bridgehead atoms. The molecule has 0 saturated heterocycles. The summed E-state index contributed by atoms with van der Waals surface area (Å²) in [6.45, 7) is 0.200. The summed E-state index contributed by atoms with van der Waals surface area (Å²) >= 11 is 18.7. The van der Waals surface area contributed by atoms with Gasteiger partial charge in [0.05, 0.1) is 23.1 Å². The first-order valence-corrected chi connectivity index (χ1v) is 11.5. The Morgan fingerprint density at radius 2 is 1.89 bits per heavy atom. The van der Waals surface area contributed by atoms with Gasteiger partial charge in [-0.1, -0.05) is 40.9 Å². The maximum atomic E-state index is 14.6. The Morgan fingerprint density at radius 1 is 1.20 bits per heavy atom. The Balaban J connectivity index is 1.82. The number of nitrogens with one attached hydrogen (secondary N) is 2. The number of ether oxygens (including phenoxy) is 1. The Morgan fingerprint density at radius 3 is 2.46 bits per heavy atom. The van der Waals surface area contributed by atoms with E-state index in [9.17, 15) is 27.2 Å². The number of rotatable bonds is 10. The fraction of sp³-hybridized carbons (Fsp3) is 0.391. The number of methoxy groups -OCH3 is 1. The summed E-state index contributed by atoms with van der Waals surface area (Å²) in [5, 5.41) is 4.98. The van der Waals surface area contributed by atoms with E-state index in [1.165, 1.54) is 18.2 Å². The largest absolute Gasteiger partial charge is 0.493 e. The van der Waals surface area contributed by atoms with Crippen molar-refractivity contribution >= 4 is 52.7 Å². The molecule has 1 aliphatic rings. The van der Waals surface area contributed by atoms with Gasteiger partial charge in [-0.05, 0) is 30.7 Å². The molecule has 1 saturated carbocycles. The van der Waals surface area contributed by atoms with Crippen LogP contribution in [0.5, 0.6) is 5.75 Å². The van der Waals surface area contributed by atoms with Crippen LogP contribution in [0.15, 0.2) is 30.3 Å². The smallest absolute Gasteiger partial charge is 0.255 e. The molecule has 0 heterocycles. The molecule has 1 aliphatic carbocycles. The number of halogens is 7. The first kappa shape index (κ1) is 27.4. The minimum atomic E-state index is -2.99. The Hall–Kier alpha value is -2.23. The van der Waals surface area contributed by atoms with Gasteiger partial charge in [-0.15, -0.1) is 0 Å². The van der Waals surface area contributed by atoms with E-state index in [-0.39, 0.29) is 35.1 Å². The lowest BCUT2D eigenvalue weighted by Crippen LogP contribution is -2.29. The van der Waals surface area contributed by atoms with Crippen molar-refractivity contribution in [1.82, 2.24) is 5.32 Å². The van der Waals surface area contributed by atoms with Crippen molar-refractivity contribution in [1.29, 1.82) is 0 Å². The Labute approximate surface area is 214 Å². The first-order valence-electron chi connectivity index (χ1n) is 10.3. The van der Waals surface area contributed by atoms with Gasteiger partial charge in [-0.2, -0.15) is 0 Å². The van der Waals surface area contributed by atoms with Crippen molar-refractivity contribution < 1.29 is 31.9 Å². The van der Waals surface area contributed by atoms with Gasteiger partial charge in [0, 0.05) is 37.2 Å². The molecule has 2 atom stereocenters. The number of anilines is 1. The third-order valence-electron chi connectivity index (χ3n) is 5.83.